The van der Waals surface area contributed by atoms with Crippen molar-refractivity contribution in [3.63, 3.8) is 0 Å². The summed E-state index contributed by atoms with van der Waals surface area (Å²) in [6.45, 7) is 0. The summed E-state index contributed by atoms with van der Waals surface area (Å²) in [5.74, 6) is -1.01. The molecule has 0 bridgehead atoms. The first-order chi connectivity index (χ1) is 5.13. The van der Waals surface area contributed by atoms with E-state index in [2.05, 4.69) is 11.7 Å². The average molecular weight is 194 g/mol. The van der Waals surface area contributed by atoms with Crippen LogP contribution < -0.4 is 0 Å². The molecule has 0 fully saturated rings. The molecule has 0 saturated carbocycles. The topological polar surface area (TPSA) is 0 Å². The fraction of sp³-hybridized carbons (Fsp3) is 0.143. The summed E-state index contributed by atoms with van der Waals surface area (Å²) in [6, 6.07) is 3.84. The van der Waals surface area contributed by atoms with Crippen LogP contribution in [0.4, 0.5) is 8.78 Å². The maximum atomic E-state index is 12.8. The Kier molecular flexibility index (Phi) is 2.78. The van der Waals surface area contributed by atoms with E-state index in [1.54, 1.807) is 6.26 Å². The number of thiol groups is 2. The van der Waals surface area contributed by atoms with Gasteiger partial charge in [-0.25, -0.2) is 8.78 Å². The first-order valence-corrected chi connectivity index (χ1v) is 5.93. The largest absolute Gasteiger partial charge is 0.206 e. The summed E-state index contributed by atoms with van der Waals surface area (Å²) in [7, 11) is -0.993. The van der Waals surface area contributed by atoms with Crippen LogP contribution in [0.5, 0.6) is 0 Å². The van der Waals surface area contributed by atoms with E-state index in [-0.39, 0.29) is 4.90 Å². The second-order valence-electron chi connectivity index (χ2n) is 2.09. The highest BCUT2D eigenvalue weighted by atomic mass is 33.1. The number of rotatable bonds is 1. The second kappa shape index (κ2) is 3.45. The van der Waals surface area contributed by atoms with E-state index < -0.39 is 21.6 Å². The third-order valence-electron chi connectivity index (χ3n) is 1.26. The highest BCUT2D eigenvalue weighted by Crippen LogP contribution is 2.39. The molecule has 0 radical (unpaired) electrons. The smallest absolute Gasteiger partial charge is 0.138 e. The fourth-order valence-electron chi connectivity index (χ4n) is 0.798. The summed E-state index contributed by atoms with van der Waals surface area (Å²) in [6.07, 6.45) is 1.69. The number of hydrogen-bond donors (Lipinski definition) is 2. The molecule has 0 saturated heterocycles. The van der Waals surface area contributed by atoms with Gasteiger partial charge in [-0.2, -0.15) is 9.93 Å². The van der Waals surface area contributed by atoms with Crippen molar-refractivity contribution in [2.75, 3.05) is 6.26 Å². The van der Waals surface area contributed by atoms with Gasteiger partial charge in [-0.3, -0.25) is 0 Å². The van der Waals surface area contributed by atoms with Gasteiger partial charge < -0.3 is 0 Å². The lowest BCUT2D eigenvalue weighted by molar-refractivity contribution is 0.541. The molecule has 1 aromatic rings. The van der Waals surface area contributed by atoms with Crippen molar-refractivity contribution < 1.29 is 8.78 Å². The molecule has 0 N–H and O–H groups in total. The van der Waals surface area contributed by atoms with Crippen LogP contribution in [0.2, 0.25) is 0 Å². The summed E-state index contributed by atoms with van der Waals surface area (Å²) >= 11 is 4.01. The van der Waals surface area contributed by atoms with Crippen LogP contribution in [-0.2, 0) is 0 Å². The third-order valence-corrected chi connectivity index (χ3v) is 2.94. The normalized spacial score (nSPS) is 14.7. The van der Waals surface area contributed by atoms with Gasteiger partial charge in [0.15, 0.2) is 0 Å². The highest BCUT2D eigenvalue weighted by molar-refractivity contribution is 8.77. The Morgan fingerprint density at radius 2 is 1.73 bits per heavy atom. The zero-order valence-corrected chi connectivity index (χ0v) is 7.67. The molecule has 1 rings (SSSR count). The van der Waals surface area contributed by atoms with Gasteiger partial charge in [0, 0.05) is 0 Å². The third kappa shape index (κ3) is 1.87. The van der Waals surface area contributed by atoms with Crippen molar-refractivity contribution in [3.05, 3.63) is 29.8 Å². The maximum Gasteiger partial charge on any atom is 0.138 e. The van der Waals surface area contributed by atoms with Crippen LogP contribution in [0.1, 0.15) is 0 Å². The minimum Gasteiger partial charge on any atom is -0.206 e. The van der Waals surface area contributed by atoms with Crippen LogP contribution in [0.25, 0.3) is 0 Å². The summed E-state index contributed by atoms with van der Waals surface area (Å²) < 4.78 is 25.7. The molecule has 1 unspecified atom stereocenters. The van der Waals surface area contributed by atoms with Crippen molar-refractivity contribution >= 4 is 21.6 Å². The quantitative estimate of drug-likeness (QED) is 0.498. The maximum absolute atomic E-state index is 12.8. The molecule has 0 aromatic heterocycles. The van der Waals surface area contributed by atoms with Gasteiger partial charge in [0.05, 0.1) is 4.90 Å². The van der Waals surface area contributed by atoms with Gasteiger partial charge in [0.2, 0.25) is 0 Å². The zero-order chi connectivity index (χ0) is 8.43. The molecule has 0 aliphatic heterocycles. The van der Waals surface area contributed by atoms with E-state index in [1.165, 1.54) is 18.2 Å². The minimum absolute atomic E-state index is 0.103. The Balaban J connectivity index is 3.21. The van der Waals surface area contributed by atoms with E-state index in [4.69, 9.17) is 0 Å². The SMILES string of the molecule is C[SH](S)c1c(F)cccc1F. The molecule has 0 aliphatic rings. The zero-order valence-electron chi connectivity index (χ0n) is 5.88. The number of halogens is 2. The molecule has 1 atom stereocenters. The standard InChI is InChI=1S/C7H8F2S2/c1-11(10)7-5(8)3-2-4-6(7)9/h2-4,10-11H,1H3. The van der Waals surface area contributed by atoms with Crippen molar-refractivity contribution in [2.24, 2.45) is 0 Å². The van der Waals surface area contributed by atoms with Crippen LogP contribution in [0.3, 0.4) is 0 Å². The van der Waals surface area contributed by atoms with Crippen LogP contribution in [-0.4, -0.2) is 6.26 Å². The second-order valence-corrected chi connectivity index (χ2v) is 5.39. The summed E-state index contributed by atoms with van der Waals surface area (Å²) in [4.78, 5) is 0.103. The number of hydrogen-bond acceptors (Lipinski definition) is 1. The molecule has 0 heterocycles. The van der Waals surface area contributed by atoms with Gasteiger partial charge in [-0.05, 0) is 18.4 Å². The van der Waals surface area contributed by atoms with Gasteiger partial charge in [-0.15, -0.1) is 11.7 Å². The van der Waals surface area contributed by atoms with Crippen molar-refractivity contribution in [3.8, 4) is 0 Å². The Morgan fingerprint density at radius 3 is 2.00 bits per heavy atom. The van der Waals surface area contributed by atoms with E-state index >= 15 is 0 Å². The summed E-state index contributed by atoms with van der Waals surface area (Å²) in [5, 5.41) is 0. The van der Waals surface area contributed by atoms with Gasteiger partial charge in [0.25, 0.3) is 0 Å². The summed E-state index contributed by atoms with van der Waals surface area (Å²) in [5.41, 5.74) is 0. The molecular formula is C7H8F2S2. The molecule has 4 heteroatoms. The van der Waals surface area contributed by atoms with E-state index in [0.717, 1.165) is 0 Å². The lowest BCUT2D eigenvalue weighted by Crippen LogP contribution is -1.87. The predicted octanol–water partition coefficient (Wildman–Crippen LogP) is 2.80. The van der Waals surface area contributed by atoms with Crippen molar-refractivity contribution in [1.82, 2.24) is 0 Å². The predicted molar refractivity (Wildman–Crippen MR) is 48.5 cm³/mol. The molecule has 62 valence electrons. The van der Waals surface area contributed by atoms with Gasteiger partial charge >= 0.3 is 0 Å². The monoisotopic (exact) mass is 194 g/mol. The Bertz CT molecular complexity index is 240. The van der Waals surface area contributed by atoms with Crippen LogP contribution >= 0.6 is 21.6 Å². The van der Waals surface area contributed by atoms with Crippen molar-refractivity contribution in [1.29, 1.82) is 0 Å². The Morgan fingerprint density at radius 1 is 1.27 bits per heavy atom. The van der Waals surface area contributed by atoms with Crippen LogP contribution in [0.15, 0.2) is 23.1 Å². The highest BCUT2D eigenvalue weighted by Gasteiger charge is 2.09. The van der Waals surface area contributed by atoms with E-state index in [1.807, 2.05) is 0 Å². The lowest BCUT2D eigenvalue weighted by Gasteiger charge is -2.09. The Labute approximate surface area is 71.8 Å². The molecule has 0 nitrogen and oxygen atoms in total. The number of benzene rings is 1. The van der Waals surface area contributed by atoms with Crippen LogP contribution in [0, 0.1) is 11.6 Å². The molecule has 0 amide bonds. The van der Waals surface area contributed by atoms with E-state index in [9.17, 15) is 8.78 Å². The van der Waals surface area contributed by atoms with Gasteiger partial charge in [-0.1, -0.05) is 6.07 Å². The molecule has 0 spiro atoms. The first-order valence-electron chi connectivity index (χ1n) is 2.99. The molecular weight excluding hydrogens is 186 g/mol. The lowest BCUT2D eigenvalue weighted by atomic mass is 10.3. The van der Waals surface area contributed by atoms with Gasteiger partial charge in [0.1, 0.15) is 11.6 Å². The molecule has 1 aromatic carbocycles. The molecule has 0 aliphatic carbocycles. The minimum atomic E-state index is -0.993. The van der Waals surface area contributed by atoms with E-state index in [0.29, 0.717) is 0 Å². The van der Waals surface area contributed by atoms with Crippen molar-refractivity contribution in [2.45, 2.75) is 4.90 Å². The Hall–Kier alpha value is -0.220. The average Bonchev–Trinajstić information content (AvgIpc) is 1.85. The molecule has 11 heavy (non-hydrogen) atoms. The first kappa shape index (κ1) is 8.87. The fourth-order valence-corrected chi connectivity index (χ4v) is 2.14.